The summed E-state index contributed by atoms with van der Waals surface area (Å²) in [5.74, 6) is 2.59. The first kappa shape index (κ1) is 12.0. The quantitative estimate of drug-likeness (QED) is 0.761. The molecule has 0 atom stereocenters. The van der Waals surface area contributed by atoms with Crippen LogP contribution in [0.2, 0.25) is 0 Å². The smallest absolute Gasteiger partial charge is 0.133 e. The fraction of sp³-hybridized carbons (Fsp3) is 0.571. The fourth-order valence-electron chi connectivity index (χ4n) is 2.53. The molecule has 0 bridgehead atoms. The van der Waals surface area contributed by atoms with E-state index in [1.807, 2.05) is 0 Å². The third kappa shape index (κ3) is 2.60. The summed E-state index contributed by atoms with van der Waals surface area (Å²) in [6.45, 7) is 2.36. The van der Waals surface area contributed by atoms with Gasteiger partial charge in [-0.25, -0.2) is 0 Å². The molecular formula is C14H19BrO. The first-order chi connectivity index (χ1) is 7.70. The molecule has 0 amide bonds. The zero-order valence-electron chi connectivity index (χ0n) is 10.0. The molecule has 0 saturated heterocycles. The van der Waals surface area contributed by atoms with Gasteiger partial charge in [-0.2, -0.15) is 0 Å². The number of rotatable bonds is 2. The summed E-state index contributed by atoms with van der Waals surface area (Å²) in [7, 11) is 1.71. The maximum atomic E-state index is 5.26. The minimum absolute atomic E-state index is 0.749. The van der Waals surface area contributed by atoms with Crippen LogP contribution in [0, 0.1) is 5.92 Å². The molecule has 1 aliphatic carbocycles. The van der Waals surface area contributed by atoms with E-state index in [0.717, 1.165) is 22.1 Å². The molecule has 0 unspecified atom stereocenters. The summed E-state index contributed by atoms with van der Waals surface area (Å²) in [6.07, 6.45) is 5.41. The van der Waals surface area contributed by atoms with Crippen molar-refractivity contribution in [3.63, 3.8) is 0 Å². The zero-order chi connectivity index (χ0) is 11.5. The second-order valence-corrected chi connectivity index (χ2v) is 5.71. The van der Waals surface area contributed by atoms with Gasteiger partial charge in [0.25, 0.3) is 0 Å². The zero-order valence-corrected chi connectivity index (χ0v) is 11.6. The second-order valence-electron chi connectivity index (χ2n) is 4.85. The van der Waals surface area contributed by atoms with Crippen LogP contribution >= 0.6 is 15.9 Å². The van der Waals surface area contributed by atoms with Gasteiger partial charge in [0.05, 0.1) is 11.6 Å². The Kier molecular flexibility index (Phi) is 3.91. The Hall–Kier alpha value is -0.500. The van der Waals surface area contributed by atoms with Crippen LogP contribution in [0.4, 0.5) is 0 Å². The molecule has 0 heterocycles. The molecule has 1 fully saturated rings. The van der Waals surface area contributed by atoms with Gasteiger partial charge in [0.2, 0.25) is 0 Å². The van der Waals surface area contributed by atoms with Gasteiger partial charge in [0.15, 0.2) is 0 Å². The molecule has 0 N–H and O–H groups in total. The highest BCUT2D eigenvalue weighted by molar-refractivity contribution is 9.10. The predicted molar refractivity (Wildman–Crippen MR) is 71.1 cm³/mol. The van der Waals surface area contributed by atoms with E-state index in [1.165, 1.54) is 31.2 Å². The summed E-state index contributed by atoms with van der Waals surface area (Å²) in [5, 5.41) is 0. The Labute approximate surface area is 106 Å². The molecule has 0 aromatic heterocycles. The van der Waals surface area contributed by atoms with Crippen molar-refractivity contribution in [2.24, 2.45) is 5.92 Å². The average molecular weight is 283 g/mol. The van der Waals surface area contributed by atoms with Crippen molar-refractivity contribution in [1.82, 2.24) is 0 Å². The molecule has 0 aliphatic heterocycles. The van der Waals surface area contributed by atoms with E-state index in [4.69, 9.17) is 4.74 Å². The normalized spacial score (nSPS) is 25.4. The van der Waals surface area contributed by atoms with Crippen molar-refractivity contribution in [2.45, 2.75) is 38.5 Å². The first-order valence-corrected chi connectivity index (χ1v) is 6.83. The standard InChI is InChI=1S/C14H19BrO/c1-10-3-5-11(6-4-10)12-7-8-14(16-2)13(15)9-12/h7-11H,3-6H2,1-2H3. The Morgan fingerprint density at radius 3 is 2.44 bits per heavy atom. The van der Waals surface area contributed by atoms with E-state index in [0.29, 0.717) is 0 Å². The summed E-state index contributed by atoms with van der Waals surface area (Å²) >= 11 is 3.56. The minimum atomic E-state index is 0.749. The number of hydrogen-bond donors (Lipinski definition) is 0. The van der Waals surface area contributed by atoms with Crippen molar-refractivity contribution in [3.8, 4) is 5.75 Å². The maximum absolute atomic E-state index is 5.26. The van der Waals surface area contributed by atoms with Crippen LogP contribution in [0.5, 0.6) is 5.75 Å². The molecule has 2 heteroatoms. The molecule has 1 aromatic rings. The highest BCUT2D eigenvalue weighted by Crippen LogP contribution is 2.37. The lowest BCUT2D eigenvalue weighted by molar-refractivity contribution is 0.347. The monoisotopic (exact) mass is 282 g/mol. The van der Waals surface area contributed by atoms with Gasteiger partial charge >= 0.3 is 0 Å². The Balaban J connectivity index is 2.12. The summed E-state index contributed by atoms with van der Waals surface area (Å²) in [4.78, 5) is 0. The van der Waals surface area contributed by atoms with E-state index in [1.54, 1.807) is 7.11 Å². The maximum Gasteiger partial charge on any atom is 0.133 e. The number of halogens is 1. The summed E-state index contributed by atoms with van der Waals surface area (Å²) in [6, 6.07) is 6.50. The van der Waals surface area contributed by atoms with Crippen LogP contribution in [-0.2, 0) is 0 Å². The van der Waals surface area contributed by atoms with Crippen LogP contribution in [0.25, 0.3) is 0 Å². The Morgan fingerprint density at radius 1 is 1.19 bits per heavy atom. The minimum Gasteiger partial charge on any atom is -0.496 e. The third-order valence-electron chi connectivity index (χ3n) is 3.66. The molecule has 1 aromatic carbocycles. The average Bonchev–Trinajstić information content (AvgIpc) is 2.30. The van der Waals surface area contributed by atoms with Gasteiger partial charge in [0, 0.05) is 0 Å². The molecule has 1 saturated carbocycles. The van der Waals surface area contributed by atoms with E-state index in [2.05, 4.69) is 41.1 Å². The van der Waals surface area contributed by atoms with E-state index < -0.39 is 0 Å². The topological polar surface area (TPSA) is 9.23 Å². The lowest BCUT2D eigenvalue weighted by atomic mass is 9.79. The number of methoxy groups -OCH3 is 1. The summed E-state index contributed by atoms with van der Waals surface area (Å²) in [5.41, 5.74) is 1.46. The Bertz CT molecular complexity index is 354. The largest absolute Gasteiger partial charge is 0.496 e. The van der Waals surface area contributed by atoms with Crippen LogP contribution < -0.4 is 4.74 Å². The van der Waals surface area contributed by atoms with Crippen LogP contribution in [-0.4, -0.2) is 7.11 Å². The third-order valence-corrected chi connectivity index (χ3v) is 4.28. The first-order valence-electron chi connectivity index (χ1n) is 6.04. The molecule has 0 spiro atoms. The highest BCUT2D eigenvalue weighted by Gasteiger charge is 2.20. The molecule has 2 rings (SSSR count). The van der Waals surface area contributed by atoms with Gasteiger partial charge < -0.3 is 4.74 Å². The fourth-order valence-corrected chi connectivity index (χ4v) is 3.09. The van der Waals surface area contributed by atoms with E-state index >= 15 is 0 Å². The molecule has 0 radical (unpaired) electrons. The SMILES string of the molecule is COc1ccc(C2CCC(C)CC2)cc1Br. The highest BCUT2D eigenvalue weighted by atomic mass is 79.9. The van der Waals surface area contributed by atoms with Gasteiger partial charge in [-0.05, 0) is 58.3 Å². The molecule has 88 valence electrons. The van der Waals surface area contributed by atoms with Crippen molar-refractivity contribution in [2.75, 3.05) is 7.11 Å². The van der Waals surface area contributed by atoms with Crippen LogP contribution in [0.15, 0.2) is 22.7 Å². The van der Waals surface area contributed by atoms with E-state index in [-0.39, 0.29) is 0 Å². The number of benzene rings is 1. The van der Waals surface area contributed by atoms with Gasteiger partial charge in [-0.15, -0.1) is 0 Å². The Morgan fingerprint density at radius 2 is 1.88 bits per heavy atom. The lowest BCUT2D eigenvalue weighted by Gasteiger charge is -2.26. The predicted octanol–water partition coefficient (Wildman–Crippen LogP) is 4.75. The second kappa shape index (κ2) is 5.22. The van der Waals surface area contributed by atoms with Crippen molar-refractivity contribution in [1.29, 1.82) is 0 Å². The molecular weight excluding hydrogens is 264 g/mol. The van der Waals surface area contributed by atoms with Gasteiger partial charge in [-0.3, -0.25) is 0 Å². The molecule has 1 nitrogen and oxygen atoms in total. The van der Waals surface area contributed by atoms with E-state index in [9.17, 15) is 0 Å². The van der Waals surface area contributed by atoms with Crippen LogP contribution in [0.3, 0.4) is 0 Å². The number of ether oxygens (including phenoxy) is 1. The van der Waals surface area contributed by atoms with Gasteiger partial charge in [-0.1, -0.05) is 25.8 Å². The summed E-state index contributed by atoms with van der Waals surface area (Å²) < 4.78 is 6.33. The van der Waals surface area contributed by atoms with Crippen molar-refractivity contribution in [3.05, 3.63) is 28.2 Å². The van der Waals surface area contributed by atoms with Crippen LogP contribution in [0.1, 0.15) is 44.1 Å². The molecule has 16 heavy (non-hydrogen) atoms. The van der Waals surface area contributed by atoms with Crippen molar-refractivity contribution >= 4 is 15.9 Å². The molecule has 1 aliphatic rings. The van der Waals surface area contributed by atoms with Gasteiger partial charge in [0.1, 0.15) is 5.75 Å². The van der Waals surface area contributed by atoms with Crippen molar-refractivity contribution < 1.29 is 4.74 Å². The number of hydrogen-bond acceptors (Lipinski definition) is 1. The lowest BCUT2D eigenvalue weighted by Crippen LogP contribution is -2.10.